The van der Waals surface area contributed by atoms with E-state index in [1.165, 1.54) is 12.1 Å². The second kappa shape index (κ2) is 4.29. The van der Waals surface area contributed by atoms with Crippen LogP contribution in [0.25, 0.3) is 0 Å². The van der Waals surface area contributed by atoms with E-state index >= 15 is 0 Å². The third kappa shape index (κ3) is 2.58. The van der Waals surface area contributed by atoms with Gasteiger partial charge in [0.1, 0.15) is 11.4 Å². The first-order valence-corrected chi connectivity index (χ1v) is 5.52. The molecule has 2 rings (SSSR count). The SMILES string of the molecule is CC1(NC(=O)Nc2cccc(F)c2C(=O)O)CC1. The van der Waals surface area contributed by atoms with E-state index in [0.29, 0.717) is 0 Å². The number of carboxylic acid groups (broad SMARTS) is 1. The number of carboxylic acids is 1. The summed E-state index contributed by atoms with van der Waals surface area (Å²) in [6, 6.07) is 3.20. The van der Waals surface area contributed by atoms with Crippen molar-refractivity contribution in [2.45, 2.75) is 25.3 Å². The molecule has 96 valence electrons. The van der Waals surface area contributed by atoms with Crippen LogP contribution in [0.4, 0.5) is 14.9 Å². The Morgan fingerprint density at radius 1 is 1.39 bits per heavy atom. The molecular formula is C12H13FN2O3. The van der Waals surface area contributed by atoms with E-state index < -0.39 is 23.4 Å². The predicted molar refractivity (Wildman–Crippen MR) is 63.2 cm³/mol. The Labute approximate surface area is 103 Å². The number of hydrogen-bond acceptors (Lipinski definition) is 2. The van der Waals surface area contributed by atoms with Gasteiger partial charge in [-0.25, -0.2) is 14.0 Å². The Morgan fingerprint density at radius 3 is 2.61 bits per heavy atom. The van der Waals surface area contributed by atoms with E-state index in [1.807, 2.05) is 6.92 Å². The number of halogens is 1. The van der Waals surface area contributed by atoms with Crippen LogP contribution in [0.1, 0.15) is 30.1 Å². The van der Waals surface area contributed by atoms with E-state index in [2.05, 4.69) is 10.6 Å². The molecule has 2 amide bonds. The molecule has 0 spiro atoms. The molecule has 0 saturated heterocycles. The van der Waals surface area contributed by atoms with Crippen LogP contribution < -0.4 is 10.6 Å². The Balaban J connectivity index is 2.15. The van der Waals surface area contributed by atoms with E-state index in [-0.39, 0.29) is 11.2 Å². The Bertz CT molecular complexity index is 512. The fourth-order valence-corrected chi connectivity index (χ4v) is 1.59. The van der Waals surface area contributed by atoms with E-state index in [4.69, 9.17) is 5.11 Å². The lowest BCUT2D eigenvalue weighted by Gasteiger charge is -2.14. The average molecular weight is 252 g/mol. The summed E-state index contributed by atoms with van der Waals surface area (Å²) >= 11 is 0. The van der Waals surface area contributed by atoms with Crippen molar-refractivity contribution >= 4 is 17.7 Å². The van der Waals surface area contributed by atoms with Crippen molar-refractivity contribution in [3.05, 3.63) is 29.6 Å². The number of aromatic carboxylic acids is 1. The van der Waals surface area contributed by atoms with Crippen LogP contribution in [0.2, 0.25) is 0 Å². The van der Waals surface area contributed by atoms with E-state index in [0.717, 1.165) is 18.9 Å². The zero-order valence-electron chi connectivity index (χ0n) is 9.79. The molecule has 1 fully saturated rings. The molecule has 6 heteroatoms. The summed E-state index contributed by atoms with van der Waals surface area (Å²) in [7, 11) is 0. The van der Waals surface area contributed by atoms with Gasteiger partial charge >= 0.3 is 12.0 Å². The molecule has 1 aromatic carbocycles. The summed E-state index contributed by atoms with van der Waals surface area (Å²) in [4.78, 5) is 22.5. The lowest BCUT2D eigenvalue weighted by Crippen LogP contribution is -2.38. The van der Waals surface area contributed by atoms with Gasteiger partial charge in [-0.1, -0.05) is 6.07 Å². The van der Waals surface area contributed by atoms with Gasteiger partial charge in [0, 0.05) is 5.54 Å². The van der Waals surface area contributed by atoms with Crippen molar-refractivity contribution in [1.82, 2.24) is 5.32 Å². The standard InChI is InChI=1S/C12H13FN2O3/c1-12(5-6-12)15-11(18)14-8-4-2-3-7(13)9(8)10(16)17/h2-4H,5-6H2,1H3,(H,16,17)(H2,14,15,18). The largest absolute Gasteiger partial charge is 0.478 e. The second-order valence-corrected chi connectivity index (χ2v) is 4.61. The number of benzene rings is 1. The molecule has 1 aliphatic carbocycles. The molecule has 1 aromatic rings. The molecule has 18 heavy (non-hydrogen) atoms. The molecule has 5 nitrogen and oxygen atoms in total. The van der Waals surface area contributed by atoms with Crippen molar-refractivity contribution in [1.29, 1.82) is 0 Å². The Morgan fingerprint density at radius 2 is 2.06 bits per heavy atom. The number of urea groups is 1. The molecule has 3 N–H and O–H groups in total. The number of rotatable bonds is 3. The molecule has 1 saturated carbocycles. The summed E-state index contributed by atoms with van der Waals surface area (Å²) in [6.45, 7) is 1.89. The molecule has 0 aliphatic heterocycles. The monoisotopic (exact) mass is 252 g/mol. The Hall–Kier alpha value is -2.11. The number of anilines is 1. The summed E-state index contributed by atoms with van der Waals surface area (Å²) in [5.74, 6) is -2.29. The second-order valence-electron chi connectivity index (χ2n) is 4.61. The van der Waals surface area contributed by atoms with Gasteiger partial charge in [-0.05, 0) is 31.9 Å². The summed E-state index contributed by atoms with van der Waals surface area (Å²) in [5, 5.41) is 13.9. The van der Waals surface area contributed by atoms with Gasteiger partial charge in [0.15, 0.2) is 0 Å². The smallest absolute Gasteiger partial charge is 0.340 e. The van der Waals surface area contributed by atoms with Gasteiger partial charge in [-0.3, -0.25) is 0 Å². The zero-order chi connectivity index (χ0) is 13.3. The first-order valence-electron chi connectivity index (χ1n) is 5.52. The van der Waals surface area contributed by atoms with Crippen molar-refractivity contribution in [3.63, 3.8) is 0 Å². The predicted octanol–water partition coefficient (Wildman–Crippen LogP) is 2.20. The topological polar surface area (TPSA) is 78.4 Å². The van der Waals surface area contributed by atoms with Gasteiger partial charge in [-0.15, -0.1) is 0 Å². The van der Waals surface area contributed by atoms with Crippen LogP contribution in [0, 0.1) is 5.82 Å². The maximum Gasteiger partial charge on any atom is 0.340 e. The van der Waals surface area contributed by atoms with Crippen LogP contribution >= 0.6 is 0 Å². The van der Waals surface area contributed by atoms with Crippen molar-refractivity contribution in [3.8, 4) is 0 Å². The van der Waals surface area contributed by atoms with Crippen molar-refractivity contribution in [2.24, 2.45) is 0 Å². The van der Waals surface area contributed by atoms with Gasteiger partial charge < -0.3 is 15.7 Å². The molecule has 0 aromatic heterocycles. The van der Waals surface area contributed by atoms with Crippen molar-refractivity contribution in [2.75, 3.05) is 5.32 Å². The molecule has 1 aliphatic rings. The van der Waals surface area contributed by atoms with Crippen LogP contribution in [0.3, 0.4) is 0 Å². The lowest BCUT2D eigenvalue weighted by atomic mass is 10.1. The van der Waals surface area contributed by atoms with Crippen LogP contribution in [0.15, 0.2) is 18.2 Å². The number of carbonyl (C=O) groups excluding carboxylic acids is 1. The number of amides is 2. The third-order valence-electron chi connectivity index (χ3n) is 2.89. The molecule has 0 radical (unpaired) electrons. The molecular weight excluding hydrogens is 239 g/mol. The molecule has 0 atom stereocenters. The lowest BCUT2D eigenvalue weighted by molar-refractivity contribution is 0.0693. The fourth-order valence-electron chi connectivity index (χ4n) is 1.59. The fraction of sp³-hybridized carbons (Fsp3) is 0.333. The Kier molecular flexibility index (Phi) is 2.94. The summed E-state index contributed by atoms with van der Waals surface area (Å²) < 4.78 is 13.3. The highest BCUT2D eigenvalue weighted by Crippen LogP contribution is 2.34. The first-order chi connectivity index (χ1) is 8.41. The van der Waals surface area contributed by atoms with Gasteiger partial charge in [0.2, 0.25) is 0 Å². The number of nitrogens with one attached hydrogen (secondary N) is 2. The van der Waals surface area contributed by atoms with E-state index in [1.54, 1.807) is 0 Å². The highest BCUT2D eigenvalue weighted by Gasteiger charge is 2.38. The molecule has 0 bridgehead atoms. The normalized spacial score (nSPS) is 15.9. The minimum absolute atomic E-state index is 0.0516. The van der Waals surface area contributed by atoms with E-state index in [9.17, 15) is 14.0 Å². The first kappa shape index (κ1) is 12.3. The number of hydrogen-bond donors (Lipinski definition) is 3. The van der Waals surface area contributed by atoms with Gasteiger partial charge in [0.05, 0.1) is 5.69 Å². The highest BCUT2D eigenvalue weighted by atomic mass is 19.1. The van der Waals surface area contributed by atoms with Crippen LogP contribution in [0.5, 0.6) is 0 Å². The molecule has 0 heterocycles. The highest BCUT2D eigenvalue weighted by molar-refractivity contribution is 6.00. The minimum Gasteiger partial charge on any atom is -0.478 e. The maximum atomic E-state index is 13.3. The van der Waals surface area contributed by atoms with Crippen molar-refractivity contribution < 1.29 is 19.1 Å². The average Bonchev–Trinajstić information content (AvgIpc) is 2.94. The maximum absolute atomic E-state index is 13.3. The van der Waals surface area contributed by atoms with Gasteiger partial charge in [0.25, 0.3) is 0 Å². The summed E-state index contributed by atoms with van der Waals surface area (Å²) in [5.41, 5.74) is -0.807. The number of carbonyl (C=O) groups is 2. The third-order valence-corrected chi connectivity index (χ3v) is 2.89. The minimum atomic E-state index is -1.42. The van der Waals surface area contributed by atoms with Crippen LogP contribution in [-0.4, -0.2) is 22.6 Å². The van der Waals surface area contributed by atoms with Crippen LogP contribution in [-0.2, 0) is 0 Å². The van der Waals surface area contributed by atoms with Gasteiger partial charge in [-0.2, -0.15) is 0 Å². The molecule has 0 unspecified atom stereocenters. The zero-order valence-corrected chi connectivity index (χ0v) is 9.79. The quantitative estimate of drug-likeness (QED) is 0.771. The summed E-state index contributed by atoms with van der Waals surface area (Å²) in [6.07, 6.45) is 1.77.